The number of aromatic nitrogens is 1. The topological polar surface area (TPSA) is 32.5 Å². The Morgan fingerprint density at radius 3 is 2.37 bits per heavy atom. The summed E-state index contributed by atoms with van der Waals surface area (Å²) in [5.74, 6) is 1.35. The highest BCUT2D eigenvalue weighted by Crippen LogP contribution is 2.32. The molecule has 2 fully saturated rings. The minimum atomic E-state index is 0.433. The number of para-hydroxylation sites is 2. The van der Waals surface area contributed by atoms with E-state index in [0.717, 1.165) is 49.5 Å². The summed E-state index contributed by atoms with van der Waals surface area (Å²) in [6.45, 7) is 5.74. The van der Waals surface area contributed by atoms with Crippen molar-refractivity contribution in [2.24, 2.45) is 0 Å². The van der Waals surface area contributed by atoms with Crippen molar-refractivity contribution in [3.63, 3.8) is 0 Å². The maximum absolute atomic E-state index is 5.99. The predicted molar refractivity (Wildman–Crippen MR) is 109 cm³/mol. The van der Waals surface area contributed by atoms with Crippen molar-refractivity contribution in [1.29, 1.82) is 0 Å². The second kappa shape index (κ2) is 7.35. The van der Waals surface area contributed by atoms with Crippen molar-refractivity contribution in [2.45, 2.75) is 38.1 Å². The monoisotopic (exact) mass is 361 g/mol. The molecule has 1 aromatic heterocycles. The summed E-state index contributed by atoms with van der Waals surface area (Å²) in [4.78, 5) is 9.76. The van der Waals surface area contributed by atoms with Crippen molar-refractivity contribution in [3.8, 4) is 0 Å². The van der Waals surface area contributed by atoms with Gasteiger partial charge in [0.2, 0.25) is 0 Å². The minimum absolute atomic E-state index is 0.433. The highest BCUT2D eigenvalue weighted by molar-refractivity contribution is 5.72. The van der Waals surface area contributed by atoms with E-state index in [1.165, 1.54) is 37.2 Å². The standard InChI is InChI=1S/C23H27N3O/c1-2-6-22-21(5-1)24-23(27-22)19-11-15-26(16-12-19)20-9-7-18(8-10-20)17-25-13-3-4-14-25/h1-2,5-10,19H,3-4,11-17H2. The lowest BCUT2D eigenvalue weighted by molar-refractivity contribution is 0.331. The van der Waals surface area contributed by atoms with Gasteiger partial charge in [0.25, 0.3) is 0 Å². The van der Waals surface area contributed by atoms with Crippen molar-refractivity contribution in [1.82, 2.24) is 9.88 Å². The summed E-state index contributed by atoms with van der Waals surface area (Å²) < 4.78 is 5.99. The summed E-state index contributed by atoms with van der Waals surface area (Å²) in [5.41, 5.74) is 4.66. The van der Waals surface area contributed by atoms with E-state index in [0.29, 0.717) is 5.92 Å². The van der Waals surface area contributed by atoms with Crippen molar-refractivity contribution >= 4 is 16.8 Å². The van der Waals surface area contributed by atoms with Gasteiger partial charge in [0.15, 0.2) is 11.5 Å². The van der Waals surface area contributed by atoms with Crippen LogP contribution in [0.5, 0.6) is 0 Å². The number of piperidine rings is 1. The number of hydrogen-bond donors (Lipinski definition) is 0. The number of fused-ring (bicyclic) bond motifs is 1. The first-order valence-corrected chi connectivity index (χ1v) is 10.3. The fourth-order valence-corrected chi connectivity index (χ4v) is 4.46. The second-order valence-corrected chi connectivity index (χ2v) is 7.93. The van der Waals surface area contributed by atoms with Crippen LogP contribution < -0.4 is 4.90 Å². The van der Waals surface area contributed by atoms with Crippen LogP contribution in [0, 0.1) is 0 Å². The third-order valence-electron chi connectivity index (χ3n) is 6.06. The lowest BCUT2D eigenvalue weighted by Crippen LogP contribution is -2.32. The average Bonchev–Trinajstić information content (AvgIpc) is 3.38. The van der Waals surface area contributed by atoms with Crippen LogP contribution in [0.25, 0.3) is 11.1 Å². The fourth-order valence-electron chi connectivity index (χ4n) is 4.46. The van der Waals surface area contributed by atoms with Crippen LogP contribution >= 0.6 is 0 Å². The van der Waals surface area contributed by atoms with Crippen molar-refractivity contribution < 1.29 is 4.42 Å². The van der Waals surface area contributed by atoms with E-state index in [1.807, 2.05) is 24.3 Å². The van der Waals surface area contributed by atoms with Crippen LogP contribution in [0.1, 0.15) is 43.1 Å². The summed E-state index contributed by atoms with van der Waals surface area (Å²) in [6, 6.07) is 17.3. The van der Waals surface area contributed by atoms with Gasteiger partial charge < -0.3 is 9.32 Å². The van der Waals surface area contributed by atoms with Crippen LogP contribution in [0.15, 0.2) is 52.9 Å². The quantitative estimate of drug-likeness (QED) is 0.668. The van der Waals surface area contributed by atoms with Gasteiger partial charge >= 0.3 is 0 Å². The van der Waals surface area contributed by atoms with Gasteiger partial charge in [-0.25, -0.2) is 4.98 Å². The molecule has 3 heterocycles. The first kappa shape index (κ1) is 16.8. The molecule has 2 aromatic carbocycles. The number of oxazole rings is 1. The molecule has 0 saturated carbocycles. The maximum atomic E-state index is 5.99. The van der Waals surface area contributed by atoms with E-state index < -0.39 is 0 Å². The summed E-state index contributed by atoms with van der Waals surface area (Å²) in [7, 11) is 0. The third kappa shape index (κ3) is 3.59. The maximum Gasteiger partial charge on any atom is 0.198 e. The highest BCUT2D eigenvalue weighted by atomic mass is 16.3. The molecule has 0 spiro atoms. The number of likely N-dealkylation sites (tertiary alicyclic amines) is 1. The van der Waals surface area contributed by atoms with Crippen molar-refractivity contribution in [2.75, 3.05) is 31.1 Å². The molecule has 0 amide bonds. The van der Waals surface area contributed by atoms with Crippen LogP contribution in [-0.4, -0.2) is 36.1 Å². The zero-order chi connectivity index (χ0) is 18.1. The Kier molecular flexibility index (Phi) is 4.58. The molecule has 4 heteroatoms. The first-order valence-electron chi connectivity index (χ1n) is 10.3. The Balaban J connectivity index is 1.21. The normalized spacial score (nSPS) is 19.2. The number of nitrogens with zero attached hydrogens (tertiary/aromatic N) is 3. The molecule has 4 nitrogen and oxygen atoms in total. The zero-order valence-electron chi connectivity index (χ0n) is 15.8. The van der Waals surface area contributed by atoms with E-state index >= 15 is 0 Å². The Morgan fingerprint density at radius 1 is 0.889 bits per heavy atom. The van der Waals surface area contributed by atoms with Gasteiger partial charge in [-0.05, 0) is 68.6 Å². The fraction of sp³-hybridized carbons (Fsp3) is 0.435. The Morgan fingerprint density at radius 2 is 1.63 bits per heavy atom. The molecule has 0 unspecified atom stereocenters. The summed E-state index contributed by atoms with van der Waals surface area (Å²) >= 11 is 0. The number of anilines is 1. The molecule has 0 bridgehead atoms. The molecule has 140 valence electrons. The number of benzene rings is 2. The van der Waals surface area contributed by atoms with Gasteiger partial charge in [0.05, 0.1) is 0 Å². The van der Waals surface area contributed by atoms with Gasteiger partial charge in [0.1, 0.15) is 5.52 Å². The van der Waals surface area contributed by atoms with E-state index in [4.69, 9.17) is 9.40 Å². The molecular formula is C23H27N3O. The zero-order valence-corrected chi connectivity index (χ0v) is 15.8. The van der Waals surface area contributed by atoms with Gasteiger partial charge in [-0.15, -0.1) is 0 Å². The highest BCUT2D eigenvalue weighted by Gasteiger charge is 2.25. The number of rotatable bonds is 4. The summed E-state index contributed by atoms with van der Waals surface area (Å²) in [5, 5.41) is 0. The Labute approximate surface area is 160 Å². The third-order valence-corrected chi connectivity index (χ3v) is 6.06. The van der Waals surface area contributed by atoms with Crippen molar-refractivity contribution in [3.05, 3.63) is 60.0 Å². The Hall–Kier alpha value is -2.33. The van der Waals surface area contributed by atoms with Gasteiger partial charge in [0, 0.05) is 31.2 Å². The molecule has 0 aliphatic carbocycles. The number of hydrogen-bond acceptors (Lipinski definition) is 4. The first-order chi connectivity index (χ1) is 13.3. The smallest absolute Gasteiger partial charge is 0.198 e. The summed E-state index contributed by atoms with van der Waals surface area (Å²) in [6.07, 6.45) is 4.91. The largest absolute Gasteiger partial charge is 0.440 e. The van der Waals surface area contributed by atoms with Gasteiger partial charge in [-0.2, -0.15) is 0 Å². The predicted octanol–water partition coefficient (Wildman–Crippen LogP) is 4.81. The molecule has 2 aliphatic rings. The van der Waals surface area contributed by atoms with Crippen LogP contribution in [0.3, 0.4) is 0 Å². The molecule has 0 N–H and O–H groups in total. The molecular weight excluding hydrogens is 334 g/mol. The van der Waals surface area contributed by atoms with Gasteiger partial charge in [-0.1, -0.05) is 24.3 Å². The lowest BCUT2D eigenvalue weighted by atomic mass is 9.96. The van der Waals surface area contributed by atoms with E-state index in [1.54, 1.807) is 0 Å². The molecule has 3 aromatic rings. The molecule has 2 saturated heterocycles. The van der Waals surface area contributed by atoms with E-state index in [9.17, 15) is 0 Å². The minimum Gasteiger partial charge on any atom is -0.440 e. The van der Waals surface area contributed by atoms with Crippen LogP contribution in [-0.2, 0) is 6.54 Å². The SMILES string of the molecule is c1ccc2oc(C3CCN(c4ccc(CN5CCCC5)cc4)CC3)nc2c1. The second-order valence-electron chi connectivity index (χ2n) is 7.93. The molecule has 2 aliphatic heterocycles. The molecule has 0 atom stereocenters. The lowest BCUT2D eigenvalue weighted by Gasteiger charge is -2.32. The van der Waals surface area contributed by atoms with Crippen LogP contribution in [0.2, 0.25) is 0 Å². The molecule has 27 heavy (non-hydrogen) atoms. The molecule has 0 radical (unpaired) electrons. The van der Waals surface area contributed by atoms with E-state index in [-0.39, 0.29) is 0 Å². The van der Waals surface area contributed by atoms with E-state index in [2.05, 4.69) is 34.1 Å². The average molecular weight is 361 g/mol. The van der Waals surface area contributed by atoms with Crippen LogP contribution in [0.4, 0.5) is 5.69 Å². The molecule has 5 rings (SSSR count). The Bertz CT molecular complexity index is 854. The van der Waals surface area contributed by atoms with Gasteiger partial charge in [-0.3, -0.25) is 4.90 Å².